The summed E-state index contributed by atoms with van der Waals surface area (Å²) in [5, 5.41) is 2.88. The van der Waals surface area contributed by atoms with Crippen LogP contribution in [0.25, 0.3) is 0 Å². The molecule has 2 rings (SSSR count). The van der Waals surface area contributed by atoms with Crippen molar-refractivity contribution in [3.63, 3.8) is 0 Å². The van der Waals surface area contributed by atoms with Gasteiger partial charge in [-0.05, 0) is 69.0 Å². The van der Waals surface area contributed by atoms with Crippen LogP contribution in [-0.4, -0.2) is 29.3 Å². The molecule has 0 aliphatic carbocycles. The molecule has 27 heavy (non-hydrogen) atoms. The second kappa shape index (κ2) is 8.80. The number of halogens is 1. The SMILES string of the molecule is CCC(C)N(CC(=O)Nc1cccc(C)c1C)C(=O)c1ccc(C)c(F)c1. The van der Waals surface area contributed by atoms with Crippen LogP contribution in [0.4, 0.5) is 10.1 Å². The van der Waals surface area contributed by atoms with E-state index in [-0.39, 0.29) is 30.0 Å². The van der Waals surface area contributed by atoms with Crippen molar-refractivity contribution in [3.05, 3.63) is 64.5 Å². The molecule has 0 spiro atoms. The van der Waals surface area contributed by atoms with Crippen molar-refractivity contribution >= 4 is 17.5 Å². The molecule has 144 valence electrons. The van der Waals surface area contributed by atoms with Crippen molar-refractivity contribution in [3.8, 4) is 0 Å². The number of carbonyl (C=O) groups excluding carboxylic acids is 2. The Morgan fingerprint density at radius 3 is 2.44 bits per heavy atom. The molecular weight excluding hydrogens is 343 g/mol. The van der Waals surface area contributed by atoms with Gasteiger partial charge in [-0.25, -0.2) is 4.39 Å². The van der Waals surface area contributed by atoms with Gasteiger partial charge in [-0.1, -0.05) is 25.1 Å². The van der Waals surface area contributed by atoms with E-state index in [1.54, 1.807) is 19.1 Å². The quantitative estimate of drug-likeness (QED) is 0.806. The van der Waals surface area contributed by atoms with Gasteiger partial charge in [-0.15, -0.1) is 0 Å². The molecule has 0 aliphatic heterocycles. The van der Waals surface area contributed by atoms with E-state index in [9.17, 15) is 14.0 Å². The minimum Gasteiger partial charge on any atom is -0.327 e. The predicted molar refractivity (Wildman–Crippen MR) is 106 cm³/mol. The minimum absolute atomic E-state index is 0.0866. The van der Waals surface area contributed by atoms with E-state index >= 15 is 0 Å². The van der Waals surface area contributed by atoms with Crippen molar-refractivity contribution in [1.82, 2.24) is 4.90 Å². The van der Waals surface area contributed by atoms with Crippen LogP contribution in [0.2, 0.25) is 0 Å². The summed E-state index contributed by atoms with van der Waals surface area (Å²) in [5.41, 5.74) is 3.54. The second-order valence-corrected chi connectivity index (χ2v) is 6.95. The highest BCUT2D eigenvalue weighted by atomic mass is 19.1. The first-order chi connectivity index (χ1) is 12.7. The highest BCUT2D eigenvalue weighted by Gasteiger charge is 2.24. The highest BCUT2D eigenvalue weighted by Crippen LogP contribution is 2.19. The number of benzene rings is 2. The first-order valence-corrected chi connectivity index (χ1v) is 9.17. The van der Waals surface area contributed by atoms with E-state index in [0.29, 0.717) is 12.0 Å². The Morgan fingerprint density at radius 2 is 1.81 bits per heavy atom. The van der Waals surface area contributed by atoms with Crippen LogP contribution in [0.5, 0.6) is 0 Å². The first kappa shape index (κ1) is 20.6. The number of rotatable bonds is 6. The van der Waals surface area contributed by atoms with E-state index in [4.69, 9.17) is 0 Å². The van der Waals surface area contributed by atoms with Crippen LogP contribution < -0.4 is 5.32 Å². The zero-order valence-electron chi connectivity index (χ0n) is 16.6. The standard InChI is InChI=1S/C22H27FN2O2/c1-6-16(4)25(22(27)18-11-10-15(3)19(23)12-18)13-21(26)24-20-9-7-8-14(2)17(20)5/h7-12,16H,6,13H2,1-5H3,(H,24,26). The second-order valence-electron chi connectivity index (χ2n) is 6.95. The summed E-state index contributed by atoms with van der Waals surface area (Å²) in [6.07, 6.45) is 0.691. The fraction of sp³-hybridized carbons (Fsp3) is 0.364. The molecule has 0 aromatic heterocycles. The fourth-order valence-electron chi connectivity index (χ4n) is 2.77. The molecule has 2 aromatic carbocycles. The summed E-state index contributed by atoms with van der Waals surface area (Å²) in [4.78, 5) is 27.0. The van der Waals surface area contributed by atoms with Gasteiger partial charge in [0, 0.05) is 17.3 Å². The number of carbonyl (C=O) groups is 2. The van der Waals surface area contributed by atoms with Crippen molar-refractivity contribution in [1.29, 1.82) is 0 Å². The molecule has 0 aliphatic rings. The summed E-state index contributed by atoms with van der Waals surface area (Å²) in [5.74, 6) is -1.05. The zero-order chi connectivity index (χ0) is 20.1. The van der Waals surface area contributed by atoms with Gasteiger partial charge in [0.05, 0.1) is 0 Å². The summed E-state index contributed by atoms with van der Waals surface area (Å²) in [6, 6.07) is 9.95. The molecular formula is C22H27FN2O2. The van der Waals surface area contributed by atoms with Gasteiger partial charge in [0.25, 0.3) is 5.91 Å². The number of nitrogens with zero attached hydrogens (tertiary/aromatic N) is 1. The molecule has 1 N–H and O–H groups in total. The predicted octanol–water partition coefficient (Wildman–Crippen LogP) is 4.63. The third kappa shape index (κ3) is 4.94. The lowest BCUT2D eigenvalue weighted by Gasteiger charge is -2.28. The van der Waals surface area contributed by atoms with E-state index in [0.717, 1.165) is 16.8 Å². The maximum atomic E-state index is 13.9. The number of aryl methyl sites for hydroxylation is 2. The van der Waals surface area contributed by atoms with Crippen molar-refractivity contribution in [2.45, 2.75) is 47.1 Å². The first-order valence-electron chi connectivity index (χ1n) is 9.17. The molecule has 1 unspecified atom stereocenters. The lowest BCUT2D eigenvalue weighted by molar-refractivity contribution is -0.117. The summed E-state index contributed by atoms with van der Waals surface area (Å²) < 4.78 is 13.9. The molecule has 0 bridgehead atoms. The van der Waals surface area contributed by atoms with Crippen molar-refractivity contribution < 1.29 is 14.0 Å². The third-order valence-electron chi connectivity index (χ3n) is 5.00. The Labute approximate surface area is 160 Å². The molecule has 2 aromatic rings. The van der Waals surface area contributed by atoms with Crippen LogP contribution in [-0.2, 0) is 4.79 Å². The van der Waals surface area contributed by atoms with Gasteiger partial charge in [-0.3, -0.25) is 9.59 Å². The van der Waals surface area contributed by atoms with Gasteiger partial charge in [-0.2, -0.15) is 0 Å². The number of nitrogens with one attached hydrogen (secondary N) is 1. The number of amides is 2. The molecule has 0 saturated carbocycles. The minimum atomic E-state index is -0.426. The zero-order valence-corrected chi connectivity index (χ0v) is 16.6. The van der Waals surface area contributed by atoms with E-state index in [1.165, 1.54) is 11.0 Å². The van der Waals surface area contributed by atoms with Crippen LogP contribution in [0.1, 0.15) is 47.3 Å². The normalized spacial score (nSPS) is 11.8. The monoisotopic (exact) mass is 370 g/mol. The highest BCUT2D eigenvalue weighted by molar-refractivity contribution is 5.99. The maximum Gasteiger partial charge on any atom is 0.254 e. The Hall–Kier alpha value is -2.69. The van der Waals surface area contributed by atoms with Gasteiger partial charge in [0.2, 0.25) is 5.91 Å². The number of hydrogen-bond donors (Lipinski definition) is 1. The van der Waals surface area contributed by atoms with Crippen molar-refractivity contribution in [2.24, 2.45) is 0 Å². The van der Waals surface area contributed by atoms with E-state index in [2.05, 4.69) is 5.32 Å². The number of hydrogen-bond acceptors (Lipinski definition) is 2. The Morgan fingerprint density at radius 1 is 1.11 bits per heavy atom. The average molecular weight is 370 g/mol. The maximum absolute atomic E-state index is 13.9. The molecule has 4 nitrogen and oxygen atoms in total. The molecule has 0 fully saturated rings. The summed E-state index contributed by atoms with van der Waals surface area (Å²) in [7, 11) is 0. The Kier molecular flexibility index (Phi) is 6.72. The Bertz CT molecular complexity index is 848. The topological polar surface area (TPSA) is 49.4 Å². The molecule has 1 atom stereocenters. The largest absolute Gasteiger partial charge is 0.327 e. The van der Waals surface area contributed by atoms with E-state index in [1.807, 2.05) is 45.9 Å². The number of anilines is 1. The summed E-state index contributed by atoms with van der Waals surface area (Å²) >= 11 is 0. The van der Waals surface area contributed by atoms with Crippen LogP contribution in [0.15, 0.2) is 36.4 Å². The lowest BCUT2D eigenvalue weighted by Crippen LogP contribution is -2.43. The van der Waals surface area contributed by atoms with Gasteiger partial charge in [0.15, 0.2) is 0 Å². The smallest absolute Gasteiger partial charge is 0.254 e. The third-order valence-corrected chi connectivity index (χ3v) is 5.00. The molecule has 0 heterocycles. The molecule has 0 saturated heterocycles. The molecule has 5 heteroatoms. The lowest BCUT2D eigenvalue weighted by atomic mass is 10.1. The van der Waals surface area contributed by atoms with Crippen LogP contribution >= 0.6 is 0 Å². The average Bonchev–Trinajstić information content (AvgIpc) is 2.64. The van der Waals surface area contributed by atoms with Gasteiger partial charge >= 0.3 is 0 Å². The van der Waals surface area contributed by atoms with Gasteiger partial charge in [0.1, 0.15) is 12.4 Å². The van der Waals surface area contributed by atoms with Gasteiger partial charge < -0.3 is 10.2 Å². The molecule has 0 radical (unpaired) electrons. The Balaban J connectivity index is 2.20. The van der Waals surface area contributed by atoms with Crippen molar-refractivity contribution in [2.75, 3.05) is 11.9 Å². The molecule has 2 amide bonds. The van der Waals surface area contributed by atoms with E-state index < -0.39 is 5.82 Å². The van der Waals surface area contributed by atoms with Crippen LogP contribution in [0.3, 0.4) is 0 Å². The fourth-order valence-corrected chi connectivity index (χ4v) is 2.77. The summed E-state index contributed by atoms with van der Waals surface area (Å²) in [6.45, 7) is 9.31. The van der Waals surface area contributed by atoms with Crippen LogP contribution in [0, 0.1) is 26.6 Å².